The second kappa shape index (κ2) is 38.9. The van der Waals surface area contributed by atoms with Crippen molar-refractivity contribution < 1.29 is 53.4 Å². The van der Waals surface area contributed by atoms with Crippen LogP contribution in [0.5, 0.6) is 5.75 Å². The minimum Gasteiger partial charge on any atom is -0.508 e. The first kappa shape index (κ1) is 70.5. The van der Waals surface area contributed by atoms with E-state index >= 15 is 0 Å². The Hall–Kier alpha value is -6.56. The highest BCUT2D eigenvalue weighted by Gasteiger charge is 2.36. The number of carbonyl (C=O) groups excluding carboxylic acids is 9. The maximum absolute atomic E-state index is 14.3. The number of nitrogens with one attached hydrogen (secondary N) is 7. The van der Waals surface area contributed by atoms with Gasteiger partial charge in [0.1, 0.15) is 42.0 Å². The molecule has 1 aromatic rings. The fourth-order valence-corrected chi connectivity index (χ4v) is 8.43. The van der Waals surface area contributed by atoms with Gasteiger partial charge in [0.15, 0.2) is 11.9 Å². The molecule has 17 N–H and O–H groups in total. The highest BCUT2D eigenvalue weighted by Crippen LogP contribution is 2.16. The summed E-state index contributed by atoms with van der Waals surface area (Å²) in [7, 11) is 0. The van der Waals surface area contributed by atoms with Crippen molar-refractivity contribution in [3.8, 4) is 5.75 Å². The Bertz CT molecular complexity index is 2150. The van der Waals surface area contributed by atoms with Crippen LogP contribution >= 0.6 is 11.6 Å². The minimum absolute atomic E-state index is 0.00504. The number of aliphatic hydroxyl groups is 1. The lowest BCUT2D eigenvalue weighted by molar-refractivity contribution is -0.138. The molecule has 0 aliphatic rings. The van der Waals surface area contributed by atoms with E-state index in [9.17, 15) is 53.4 Å². The zero-order valence-corrected chi connectivity index (χ0v) is 48.1. The molecule has 8 atom stereocenters. The first-order valence-electron chi connectivity index (χ1n) is 27.6. The number of phenolic OH excluding ortho intramolecular Hbond substituents is 1. The normalized spacial score (nSPS) is 14.2. The fourth-order valence-electron chi connectivity index (χ4n) is 8.30. The first-order valence-corrected chi connectivity index (χ1v) is 28.1. The van der Waals surface area contributed by atoms with Crippen molar-refractivity contribution in [3.05, 3.63) is 29.8 Å². The first-order chi connectivity index (χ1) is 37.4. The Morgan fingerprint density at radius 1 is 0.544 bits per heavy atom. The number of rotatable bonds is 41. The molecule has 24 nitrogen and oxygen atoms in total. The molecule has 0 radical (unpaired) electrons. The number of carbonyl (C=O) groups is 9. The number of nitrogens with two attached hydrogens (primary N) is 4. The van der Waals surface area contributed by atoms with Gasteiger partial charge in [0.25, 0.3) is 0 Å². The maximum atomic E-state index is 14.3. The van der Waals surface area contributed by atoms with Crippen molar-refractivity contribution >= 4 is 76.4 Å². The van der Waals surface area contributed by atoms with Crippen LogP contribution in [0.25, 0.3) is 0 Å². The van der Waals surface area contributed by atoms with E-state index in [0.29, 0.717) is 18.4 Å². The fraction of sp³-hybridized carbons (Fsp3) is 0.685. The number of alkyl halides is 1. The van der Waals surface area contributed by atoms with Crippen LogP contribution in [-0.2, 0) is 49.6 Å². The Kier molecular flexibility index (Phi) is 34.7. The average molecular weight is 1130 g/mol. The minimum atomic E-state index is -1.68. The number of hydrogen-bond acceptors (Lipinski definition) is 13. The standard InChI is InChI=1S/C54H92ClN13O11/c1-8-10-11-12-13-14-15-20-44(72)62-41(29-35-21-23-36(70)24-22-35)50(77)68-45(34(7)9-2)52(79)67-42(31-69)51(78)64-37(18-16-25-60-53(56)57)47(74)63-38(19-17-26-61-54(58)59)48(75)66-40(28-33(5)6)49(76)65-39(27-32(3)4)46(73)43(71)30-55/h21-24,32-34,37-42,45,69-70H,8-20,25-31H2,1-7H3,(H,62,72)(H,63,74)(H,64,78)(H,65,76)(H,66,75)(H,67,79)(H,68,77)(H4,56,57,60)(H4,58,59,61)/t34-,37-,38-,39-,40-,41-,42-,45-/m0/s1. The Morgan fingerprint density at radius 2 is 0.987 bits per heavy atom. The van der Waals surface area contributed by atoms with Crippen LogP contribution in [0, 0.1) is 17.8 Å². The van der Waals surface area contributed by atoms with E-state index in [2.05, 4.69) is 54.1 Å². The SMILES string of the molecule is CCCCCCCCCC(=O)N[C@@H](Cc1ccc(O)cc1)C(=O)N[C@H](C(=O)N[C@@H](CO)C(=O)N[C@@H](CCCN=C(N)N)C(=O)N[C@@H](CCCN=C(N)N)C(=O)N[C@@H](CC(C)C)C(=O)N[C@@H](CC(C)C)C(=O)C(=O)CCl)[C@@H](C)CC. The molecule has 25 heteroatoms. The molecule has 0 bridgehead atoms. The molecule has 0 aromatic heterocycles. The third-order valence-corrected chi connectivity index (χ3v) is 13.1. The molecule has 1 aromatic carbocycles. The molecule has 0 aliphatic carbocycles. The quantitative estimate of drug-likeness (QED) is 0.0143. The molecule has 0 fully saturated rings. The summed E-state index contributed by atoms with van der Waals surface area (Å²) in [5.41, 5.74) is 22.7. The molecule has 7 amide bonds. The van der Waals surface area contributed by atoms with Crippen LogP contribution < -0.4 is 60.2 Å². The van der Waals surface area contributed by atoms with Crippen LogP contribution in [0.2, 0.25) is 0 Å². The Labute approximate surface area is 470 Å². The van der Waals surface area contributed by atoms with Gasteiger partial charge in [-0.15, -0.1) is 11.6 Å². The Morgan fingerprint density at radius 3 is 1.47 bits per heavy atom. The molecule has 0 saturated carbocycles. The topological polar surface area (TPSA) is 407 Å². The van der Waals surface area contributed by atoms with Crippen molar-refractivity contribution in [1.29, 1.82) is 0 Å². The van der Waals surface area contributed by atoms with Gasteiger partial charge in [-0.3, -0.25) is 53.1 Å². The van der Waals surface area contributed by atoms with Crippen LogP contribution in [0.1, 0.15) is 150 Å². The lowest BCUT2D eigenvalue weighted by Gasteiger charge is -2.29. The number of ketones is 2. The predicted octanol–water partition coefficient (Wildman–Crippen LogP) is 1.08. The lowest BCUT2D eigenvalue weighted by Crippen LogP contribution is -2.61. The van der Waals surface area contributed by atoms with Gasteiger partial charge in [0.2, 0.25) is 52.9 Å². The molecule has 0 saturated heterocycles. The molecule has 446 valence electrons. The number of halogens is 1. The largest absolute Gasteiger partial charge is 0.508 e. The van der Waals surface area contributed by atoms with Gasteiger partial charge in [-0.2, -0.15) is 0 Å². The molecular formula is C54H92ClN13O11. The van der Waals surface area contributed by atoms with Crippen molar-refractivity contribution in [3.63, 3.8) is 0 Å². The summed E-state index contributed by atoms with van der Waals surface area (Å²) >= 11 is 5.67. The van der Waals surface area contributed by atoms with Gasteiger partial charge < -0.3 is 70.4 Å². The lowest BCUT2D eigenvalue weighted by atomic mass is 9.96. The number of unbranched alkanes of at least 4 members (excludes halogenated alkanes) is 6. The van der Waals surface area contributed by atoms with Crippen LogP contribution in [0.15, 0.2) is 34.3 Å². The zero-order valence-electron chi connectivity index (χ0n) is 47.4. The maximum Gasteiger partial charge on any atom is 0.245 e. The summed E-state index contributed by atoms with van der Waals surface area (Å²) in [6, 6.07) is -3.31. The third-order valence-electron chi connectivity index (χ3n) is 12.9. The van der Waals surface area contributed by atoms with Gasteiger partial charge in [-0.25, -0.2) is 0 Å². The van der Waals surface area contributed by atoms with E-state index < -0.39 is 108 Å². The van der Waals surface area contributed by atoms with Crippen molar-refractivity contribution in [2.75, 3.05) is 25.6 Å². The number of nitrogens with zero attached hydrogens (tertiary/aromatic N) is 2. The van der Waals surface area contributed by atoms with E-state index in [1.807, 2.05) is 0 Å². The third kappa shape index (κ3) is 29.3. The summed E-state index contributed by atoms with van der Waals surface area (Å²) in [5, 5.41) is 39.0. The van der Waals surface area contributed by atoms with E-state index in [-0.39, 0.29) is 99.9 Å². The van der Waals surface area contributed by atoms with E-state index in [0.717, 1.165) is 38.5 Å². The van der Waals surface area contributed by atoms with Gasteiger partial charge >= 0.3 is 0 Å². The molecule has 0 heterocycles. The summed E-state index contributed by atoms with van der Waals surface area (Å²) < 4.78 is 0. The molecule has 0 spiro atoms. The van der Waals surface area contributed by atoms with Gasteiger partial charge in [0, 0.05) is 25.9 Å². The van der Waals surface area contributed by atoms with E-state index in [1.54, 1.807) is 53.7 Å². The van der Waals surface area contributed by atoms with Crippen LogP contribution in [-0.4, -0.2) is 143 Å². The number of aromatic hydroxyl groups is 1. The average Bonchev–Trinajstić information content (AvgIpc) is 3.39. The van der Waals surface area contributed by atoms with Gasteiger partial charge in [-0.05, 0) is 80.4 Å². The number of Topliss-reactive ketones (excluding diaryl/α,β-unsaturated/α-hetero) is 2. The predicted molar refractivity (Wildman–Crippen MR) is 304 cm³/mol. The number of aliphatic hydroxyl groups excluding tert-OH is 1. The van der Waals surface area contributed by atoms with Gasteiger partial charge in [-0.1, -0.05) is 106 Å². The zero-order chi connectivity index (χ0) is 59.6. The smallest absolute Gasteiger partial charge is 0.245 e. The van der Waals surface area contributed by atoms with Crippen molar-refractivity contribution in [1.82, 2.24) is 37.2 Å². The molecule has 0 aliphatic heterocycles. The van der Waals surface area contributed by atoms with Gasteiger partial charge in [0.05, 0.1) is 18.5 Å². The highest BCUT2D eigenvalue weighted by molar-refractivity contribution is 6.48. The number of phenols is 1. The summed E-state index contributed by atoms with van der Waals surface area (Å²) in [4.78, 5) is 131. The number of amides is 7. The summed E-state index contributed by atoms with van der Waals surface area (Å²) in [6.07, 6.45) is 7.68. The molecule has 79 heavy (non-hydrogen) atoms. The highest BCUT2D eigenvalue weighted by atomic mass is 35.5. The monoisotopic (exact) mass is 1130 g/mol. The van der Waals surface area contributed by atoms with Crippen molar-refractivity contribution in [2.45, 2.75) is 193 Å². The summed E-state index contributed by atoms with van der Waals surface area (Å²) in [5.74, 6) is -9.09. The second-order valence-corrected chi connectivity index (χ2v) is 21.1. The molecular weight excluding hydrogens is 1040 g/mol. The van der Waals surface area contributed by atoms with Crippen LogP contribution in [0.3, 0.4) is 0 Å². The number of hydrogen-bond donors (Lipinski definition) is 13. The molecule has 0 unspecified atom stereocenters. The van der Waals surface area contributed by atoms with E-state index in [1.165, 1.54) is 12.1 Å². The van der Waals surface area contributed by atoms with Crippen molar-refractivity contribution in [2.24, 2.45) is 50.7 Å². The summed E-state index contributed by atoms with van der Waals surface area (Å²) in [6.45, 7) is 11.9. The van der Waals surface area contributed by atoms with E-state index in [4.69, 9.17) is 34.5 Å². The second-order valence-electron chi connectivity index (χ2n) is 20.8. The number of aliphatic imine (C=N–C) groups is 2. The Balaban J connectivity index is 3.53. The number of benzene rings is 1. The number of guanidine groups is 2. The molecule has 1 rings (SSSR count). The van der Waals surface area contributed by atoms with Crippen LogP contribution in [0.4, 0.5) is 0 Å².